The molecule has 2 aromatic heterocycles. The van der Waals surface area contributed by atoms with Gasteiger partial charge in [-0.05, 0) is 42.0 Å². The lowest BCUT2D eigenvalue weighted by atomic mass is 10.2. The van der Waals surface area contributed by atoms with E-state index in [-0.39, 0.29) is 18.3 Å². The van der Waals surface area contributed by atoms with Crippen molar-refractivity contribution in [2.75, 3.05) is 7.11 Å². The Balaban J connectivity index is 1.55. The second-order valence-corrected chi connectivity index (χ2v) is 5.24. The Hall–Kier alpha value is -3.28. The molecule has 0 unspecified atom stereocenters. The fraction of sp³-hybridized carbons (Fsp3) is 0.158. The minimum Gasteiger partial charge on any atom is -0.493 e. The highest BCUT2D eigenvalue weighted by Gasteiger charge is 2.12. The lowest BCUT2D eigenvalue weighted by Gasteiger charge is -2.08. The van der Waals surface area contributed by atoms with Crippen LogP contribution in [0.2, 0.25) is 0 Å². The number of pyridine rings is 1. The van der Waals surface area contributed by atoms with Gasteiger partial charge in [0.1, 0.15) is 12.4 Å². The van der Waals surface area contributed by atoms with Crippen LogP contribution in [0.15, 0.2) is 65.3 Å². The predicted octanol–water partition coefficient (Wildman–Crippen LogP) is 3.19. The van der Waals surface area contributed by atoms with Gasteiger partial charge in [0, 0.05) is 18.9 Å². The Morgan fingerprint density at radius 1 is 1.08 bits per heavy atom. The number of hydrogen-bond acceptors (Lipinski definition) is 5. The molecule has 0 aliphatic rings. The van der Waals surface area contributed by atoms with Gasteiger partial charge < -0.3 is 19.2 Å². The number of carbonyl (C=O) groups excluding carboxylic acids is 1. The van der Waals surface area contributed by atoms with Crippen LogP contribution in [-0.4, -0.2) is 18.0 Å². The SMILES string of the molecule is COc1ccccc1OCc1ccc(C(=O)NCc2ccncc2)o1. The molecule has 0 aliphatic carbocycles. The van der Waals surface area contributed by atoms with E-state index in [9.17, 15) is 4.79 Å². The van der Waals surface area contributed by atoms with E-state index in [1.165, 1.54) is 0 Å². The Labute approximate surface area is 145 Å². The van der Waals surface area contributed by atoms with E-state index in [1.807, 2.05) is 36.4 Å². The Morgan fingerprint density at radius 3 is 2.60 bits per heavy atom. The van der Waals surface area contributed by atoms with E-state index in [2.05, 4.69) is 10.3 Å². The molecule has 0 bridgehead atoms. The van der Waals surface area contributed by atoms with Crippen LogP contribution >= 0.6 is 0 Å². The van der Waals surface area contributed by atoms with Gasteiger partial charge in [-0.2, -0.15) is 0 Å². The van der Waals surface area contributed by atoms with Gasteiger partial charge in [-0.15, -0.1) is 0 Å². The van der Waals surface area contributed by atoms with Crippen molar-refractivity contribution < 1.29 is 18.7 Å². The van der Waals surface area contributed by atoms with E-state index in [4.69, 9.17) is 13.9 Å². The molecule has 0 aliphatic heterocycles. The molecule has 0 saturated heterocycles. The summed E-state index contributed by atoms with van der Waals surface area (Å²) < 4.78 is 16.4. The first-order valence-electron chi connectivity index (χ1n) is 7.78. The molecule has 0 saturated carbocycles. The maximum Gasteiger partial charge on any atom is 0.287 e. The van der Waals surface area contributed by atoms with Crippen LogP contribution in [0.25, 0.3) is 0 Å². The lowest BCUT2D eigenvalue weighted by Crippen LogP contribution is -2.22. The van der Waals surface area contributed by atoms with Crippen LogP contribution in [-0.2, 0) is 13.2 Å². The number of rotatable bonds is 7. The smallest absolute Gasteiger partial charge is 0.287 e. The van der Waals surface area contributed by atoms with Crippen molar-refractivity contribution in [1.82, 2.24) is 10.3 Å². The average Bonchev–Trinajstić information content (AvgIpc) is 3.14. The monoisotopic (exact) mass is 338 g/mol. The quantitative estimate of drug-likeness (QED) is 0.716. The minimum atomic E-state index is -0.277. The molecule has 3 aromatic rings. The van der Waals surface area contributed by atoms with Crippen LogP contribution in [0, 0.1) is 0 Å². The number of carbonyl (C=O) groups is 1. The van der Waals surface area contributed by atoms with Gasteiger partial charge >= 0.3 is 0 Å². The van der Waals surface area contributed by atoms with Gasteiger partial charge in [0.05, 0.1) is 7.11 Å². The molecule has 0 atom stereocenters. The zero-order valence-electron chi connectivity index (χ0n) is 13.8. The van der Waals surface area contributed by atoms with E-state index in [0.29, 0.717) is 23.8 Å². The number of hydrogen-bond donors (Lipinski definition) is 1. The number of benzene rings is 1. The summed E-state index contributed by atoms with van der Waals surface area (Å²) in [6.45, 7) is 0.618. The van der Waals surface area contributed by atoms with Crippen molar-refractivity contribution in [3.8, 4) is 11.5 Å². The van der Waals surface area contributed by atoms with Crippen LogP contribution in [0.5, 0.6) is 11.5 Å². The van der Waals surface area contributed by atoms with Gasteiger partial charge in [0.25, 0.3) is 5.91 Å². The summed E-state index contributed by atoms with van der Waals surface area (Å²) in [5.74, 6) is 1.78. The third-order valence-corrected chi connectivity index (χ3v) is 3.53. The number of amides is 1. The molecule has 6 nitrogen and oxygen atoms in total. The number of aromatic nitrogens is 1. The molecule has 128 valence electrons. The number of methoxy groups -OCH3 is 1. The zero-order valence-corrected chi connectivity index (χ0v) is 13.8. The van der Waals surface area contributed by atoms with Gasteiger partial charge in [-0.3, -0.25) is 9.78 Å². The number of nitrogens with zero attached hydrogens (tertiary/aromatic N) is 1. The molecule has 3 rings (SSSR count). The molecule has 1 aromatic carbocycles. The van der Waals surface area contributed by atoms with Crippen molar-refractivity contribution in [3.63, 3.8) is 0 Å². The molecule has 25 heavy (non-hydrogen) atoms. The second-order valence-electron chi connectivity index (χ2n) is 5.24. The molecule has 1 amide bonds. The summed E-state index contributed by atoms with van der Waals surface area (Å²) in [5.41, 5.74) is 0.967. The molecular weight excluding hydrogens is 320 g/mol. The first-order valence-corrected chi connectivity index (χ1v) is 7.78. The van der Waals surface area contributed by atoms with Gasteiger partial charge in [0.2, 0.25) is 0 Å². The third-order valence-electron chi connectivity index (χ3n) is 3.53. The van der Waals surface area contributed by atoms with Crippen LogP contribution in [0.4, 0.5) is 0 Å². The molecule has 1 N–H and O–H groups in total. The van der Waals surface area contributed by atoms with E-state index in [0.717, 1.165) is 5.56 Å². The highest BCUT2D eigenvalue weighted by Crippen LogP contribution is 2.26. The standard InChI is InChI=1S/C19H18N2O4/c1-23-16-4-2-3-5-17(16)24-13-15-6-7-18(25-15)19(22)21-12-14-8-10-20-11-9-14/h2-11H,12-13H2,1H3,(H,21,22). The first-order chi connectivity index (χ1) is 12.3. The predicted molar refractivity (Wildman–Crippen MR) is 91.4 cm³/mol. The van der Waals surface area contributed by atoms with E-state index < -0.39 is 0 Å². The minimum absolute atomic E-state index is 0.206. The van der Waals surface area contributed by atoms with Crippen LogP contribution < -0.4 is 14.8 Å². The number of ether oxygens (including phenoxy) is 2. The number of para-hydroxylation sites is 2. The fourth-order valence-electron chi connectivity index (χ4n) is 2.23. The highest BCUT2D eigenvalue weighted by atomic mass is 16.5. The van der Waals surface area contributed by atoms with Crippen molar-refractivity contribution in [1.29, 1.82) is 0 Å². The summed E-state index contributed by atoms with van der Waals surface area (Å²) in [7, 11) is 1.58. The normalized spacial score (nSPS) is 10.3. The Bertz CT molecular complexity index is 830. The third kappa shape index (κ3) is 4.38. The number of furan rings is 1. The van der Waals surface area contributed by atoms with E-state index in [1.54, 1.807) is 31.6 Å². The summed E-state index contributed by atoms with van der Waals surface area (Å²) in [6, 6.07) is 14.4. The molecule has 0 fully saturated rings. The summed E-state index contributed by atoms with van der Waals surface area (Å²) in [5, 5.41) is 2.80. The lowest BCUT2D eigenvalue weighted by molar-refractivity contribution is 0.0919. The average molecular weight is 338 g/mol. The Kier molecular flexibility index (Phi) is 5.31. The Morgan fingerprint density at radius 2 is 1.84 bits per heavy atom. The topological polar surface area (TPSA) is 73.6 Å². The van der Waals surface area contributed by atoms with Gasteiger partial charge in [-0.1, -0.05) is 12.1 Å². The van der Waals surface area contributed by atoms with Gasteiger partial charge in [-0.25, -0.2) is 0 Å². The van der Waals surface area contributed by atoms with Crippen molar-refractivity contribution in [2.24, 2.45) is 0 Å². The van der Waals surface area contributed by atoms with E-state index >= 15 is 0 Å². The summed E-state index contributed by atoms with van der Waals surface area (Å²) >= 11 is 0. The van der Waals surface area contributed by atoms with Crippen LogP contribution in [0.1, 0.15) is 21.9 Å². The van der Waals surface area contributed by atoms with Crippen molar-refractivity contribution in [3.05, 3.63) is 78.0 Å². The molecule has 0 spiro atoms. The van der Waals surface area contributed by atoms with Crippen molar-refractivity contribution in [2.45, 2.75) is 13.2 Å². The zero-order chi connectivity index (χ0) is 17.5. The molecule has 6 heteroatoms. The summed E-state index contributed by atoms with van der Waals surface area (Å²) in [6.07, 6.45) is 3.36. The molecule has 2 heterocycles. The maximum atomic E-state index is 12.1. The van der Waals surface area contributed by atoms with Gasteiger partial charge in [0.15, 0.2) is 17.3 Å². The van der Waals surface area contributed by atoms with Crippen molar-refractivity contribution >= 4 is 5.91 Å². The highest BCUT2D eigenvalue weighted by molar-refractivity contribution is 5.91. The largest absolute Gasteiger partial charge is 0.493 e. The molecular formula is C19H18N2O4. The maximum absolute atomic E-state index is 12.1. The molecule has 0 radical (unpaired) electrons. The fourth-order valence-corrected chi connectivity index (χ4v) is 2.23. The number of nitrogens with one attached hydrogen (secondary N) is 1. The summed E-state index contributed by atoms with van der Waals surface area (Å²) in [4.78, 5) is 16.1. The second kappa shape index (κ2) is 8.01. The first kappa shape index (κ1) is 16.6. The van der Waals surface area contributed by atoms with Crippen LogP contribution in [0.3, 0.4) is 0 Å².